The maximum Gasteiger partial charge on any atom is 0.253 e. The van der Waals surface area contributed by atoms with E-state index in [1.165, 1.54) is 6.42 Å². The highest BCUT2D eigenvalue weighted by atomic mass is 16.5. The molecule has 4 heteroatoms. The monoisotopic (exact) mass is 339 g/mol. The largest absolute Gasteiger partial charge is 0.493 e. The lowest BCUT2D eigenvalue weighted by molar-refractivity contribution is 0.0724. The minimum Gasteiger partial charge on any atom is -0.493 e. The molecule has 2 aromatic carbocycles. The van der Waals surface area contributed by atoms with Crippen molar-refractivity contribution in [3.8, 4) is 11.5 Å². The number of ether oxygens (including phenoxy) is 2. The summed E-state index contributed by atoms with van der Waals surface area (Å²) in [6.07, 6.45) is 3.39. The molecule has 1 aliphatic rings. The third kappa shape index (κ3) is 4.53. The molecular weight excluding hydrogens is 314 g/mol. The van der Waals surface area contributed by atoms with E-state index in [0.29, 0.717) is 18.8 Å². The van der Waals surface area contributed by atoms with Crippen LogP contribution in [-0.2, 0) is 6.61 Å². The van der Waals surface area contributed by atoms with Crippen LogP contribution in [0.25, 0.3) is 0 Å². The molecule has 1 amide bonds. The van der Waals surface area contributed by atoms with E-state index in [1.807, 2.05) is 60.4 Å². The van der Waals surface area contributed by atoms with Crippen molar-refractivity contribution in [3.05, 3.63) is 59.7 Å². The minimum atomic E-state index is 0.101. The summed E-state index contributed by atoms with van der Waals surface area (Å²) in [6, 6.07) is 15.3. The van der Waals surface area contributed by atoms with Gasteiger partial charge in [-0.2, -0.15) is 0 Å². The third-order valence-electron chi connectivity index (χ3n) is 4.39. The molecule has 0 aromatic heterocycles. The molecule has 3 rings (SSSR count). The van der Waals surface area contributed by atoms with Crippen molar-refractivity contribution in [2.24, 2.45) is 0 Å². The predicted octanol–water partition coefficient (Wildman–Crippen LogP) is 4.29. The Morgan fingerprint density at radius 2 is 1.76 bits per heavy atom. The average molecular weight is 339 g/mol. The van der Waals surface area contributed by atoms with Gasteiger partial charge in [-0.1, -0.05) is 18.2 Å². The molecule has 25 heavy (non-hydrogen) atoms. The standard InChI is InChI=1S/C21H25NO3/c1-2-24-20-12-11-17(21(23)22-13-7-4-8-14-22)15-18(20)16-25-19-9-5-3-6-10-19/h3,5-6,9-12,15H,2,4,7-8,13-14,16H2,1H3. The van der Waals surface area contributed by atoms with Crippen LogP contribution in [0.4, 0.5) is 0 Å². The number of carbonyl (C=O) groups excluding carboxylic acids is 1. The van der Waals surface area contributed by atoms with E-state index in [9.17, 15) is 4.79 Å². The Morgan fingerprint density at radius 1 is 1.00 bits per heavy atom. The van der Waals surface area contributed by atoms with Crippen LogP contribution in [0.5, 0.6) is 11.5 Å². The minimum absolute atomic E-state index is 0.101. The fourth-order valence-corrected chi connectivity index (χ4v) is 3.08. The molecule has 132 valence electrons. The van der Waals surface area contributed by atoms with Crippen LogP contribution in [0.3, 0.4) is 0 Å². The highest BCUT2D eigenvalue weighted by molar-refractivity contribution is 5.94. The van der Waals surface area contributed by atoms with Crippen LogP contribution < -0.4 is 9.47 Å². The van der Waals surface area contributed by atoms with Gasteiger partial charge in [0, 0.05) is 24.2 Å². The molecule has 0 saturated carbocycles. The molecule has 1 saturated heterocycles. The number of piperidine rings is 1. The summed E-state index contributed by atoms with van der Waals surface area (Å²) in [5, 5.41) is 0. The molecule has 1 fully saturated rings. The summed E-state index contributed by atoms with van der Waals surface area (Å²) in [5.41, 5.74) is 1.60. The molecule has 0 aliphatic carbocycles. The SMILES string of the molecule is CCOc1ccc(C(=O)N2CCCCC2)cc1COc1ccccc1. The van der Waals surface area contributed by atoms with E-state index in [0.717, 1.165) is 43.0 Å². The second kappa shape index (κ2) is 8.56. The smallest absolute Gasteiger partial charge is 0.253 e. The average Bonchev–Trinajstić information content (AvgIpc) is 2.68. The summed E-state index contributed by atoms with van der Waals surface area (Å²) in [6.45, 7) is 4.61. The van der Waals surface area contributed by atoms with Gasteiger partial charge in [0.2, 0.25) is 0 Å². The van der Waals surface area contributed by atoms with E-state index < -0.39 is 0 Å². The summed E-state index contributed by atoms with van der Waals surface area (Å²) in [5.74, 6) is 1.68. The van der Waals surface area contributed by atoms with Gasteiger partial charge in [0.1, 0.15) is 18.1 Å². The number of nitrogens with zero attached hydrogens (tertiary/aromatic N) is 1. The van der Waals surface area contributed by atoms with Crippen molar-refractivity contribution in [2.45, 2.75) is 32.8 Å². The van der Waals surface area contributed by atoms with Gasteiger partial charge in [-0.3, -0.25) is 4.79 Å². The van der Waals surface area contributed by atoms with Crippen LogP contribution in [-0.4, -0.2) is 30.5 Å². The van der Waals surface area contributed by atoms with E-state index >= 15 is 0 Å². The molecule has 0 N–H and O–H groups in total. The van der Waals surface area contributed by atoms with Crippen LogP contribution >= 0.6 is 0 Å². The normalized spacial score (nSPS) is 14.2. The van der Waals surface area contributed by atoms with Crippen molar-refractivity contribution < 1.29 is 14.3 Å². The Kier molecular flexibility index (Phi) is 5.94. The second-order valence-electron chi connectivity index (χ2n) is 6.21. The fraction of sp³-hybridized carbons (Fsp3) is 0.381. The van der Waals surface area contributed by atoms with Gasteiger partial charge in [-0.25, -0.2) is 0 Å². The van der Waals surface area contributed by atoms with Gasteiger partial charge < -0.3 is 14.4 Å². The topological polar surface area (TPSA) is 38.8 Å². The van der Waals surface area contributed by atoms with Crippen LogP contribution in [0, 0.1) is 0 Å². The maximum atomic E-state index is 12.7. The number of hydrogen-bond acceptors (Lipinski definition) is 3. The van der Waals surface area contributed by atoms with E-state index in [1.54, 1.807) is 0 Å². The van der Waals surface area contributed by atoms with E-state index in [-0.39, 0.29) is 5.91 Å². The molecular formula is C21H25NO3. The highest BCUT2D eigenvalue weighted by Gasteiger charge is 2.19. The van der Waals surface area contributed by atoms with E-state index in [2.05, 4.69) is 0 Å². The third-order valence-corrected chi connectivity index (χ3v) is 4.39. The number of para-hydroxylation sites is 1. The van der Waals surface area contributed by atoms with Crippen LogP contribution in [0.1, 0.15) is 42.1 Å². The van der Waals surface area contributed by atoms with Crippen molar-refractivity contribution in [2.75, 3.05) is 19.7 Å². The molecule has 1 heterocycles. The summed E-state index contributed by atoms with van der Waals surface area (Å²) >= 11 is 0. The van der Waals surface area contributed by atoms with Gasteiger partial charge in [-0.15, -0.1) is 0 Å². The first-order valence-corrected chi connectivity index (χ1v) is 9.01. The predicted molar refractivity (Wildman–Crippen MR) is 98.1 cm³/mol. The van der Waals surface area contributed by atoms with Gasteiger partial charge in [-0.05, 0) is 56.5 Å². The Hall–Kier alpha value is -2.49. The molecule has 0 spiro atoms. The van der Waals surface area contributed by atoms with Gasteiger partial charge >= 0.3 is 0 Å². The number of likely N-dealkylation sites (tertiary alicyclic amines) is 1. The zero-order chi connectivity index (χ0) is 17.5. The number of rotatable bonds is 6. The van der Waals surface area contributed by atoms with Gasteiger partial charge in [0.15, 0.2) is 0 Å². The molecule has 0 unspecified atom stereocenters. The number of hydrogen-bond donors (Lipinski definition) is 0. The fourth-order valence-electron chi connectivity index (χ4n) is 3.08. The Balaban J connectivity index is 1.77. The summed E-state index contributed by atoms with van der Waals surface area (Å²) in [7, 11) is 0. The Bertz CT molecular complexity index is 694. The highest BCUT2D eigenvalue weighted by Crippen LogP contribution is 2.24. The second-order valence-corrected chi connectivity index (χ2v) is 6.21. The zero-order valence-corrected chi connectivity index (χ0v) is 14.7. The first kappa shape index (κ1) is 17.3. The molecule has 1 aliphatic heterocycles. The van der Waals surface area contributed by atoms with Gasteiger partial charge in [0.05, 0.1) is 6.61 Å². The number of carbonyl (C=O) groups is 1. The lowest BCUT2D eigenvalue weighted by Crippen LogP contribution is -2.35. The van der Waals surface area contributed by atoms with Gasteiger partial charge in [0.25, 0.3) is 5.91 Å². The van der Waals surface area contributed by atoms with Crippen LogP contribution in [0.2, 0.25) is 0 Å². The molecule has 0 bridgehead atoms. The lowest BCUT2D eigenvalue weighted by atomic mass is 10.1. The van der Waals surface area contributed by atoms with E-state index in [4.69, 9.17) is 9.47 Å². The molecule has 4 nitrogen and oxygen atoms in total. The van der Waals surface area contributed by atoms with Crippen molar-refractivity contribution in [1.82, 2.24) is 4.90 Å². The summed E-state index contributed by atoms with van der Waals surface area (Å²) in [4.78, 5) is 14.7. The van der Waals surface area contributed by atoms with Crippen molar-refractivity contribution >= 4 is 5.91 Å². The lowest BCUT2D eigenvalue weighted by Gasteiger charge is -2.27. The Morgan fingerprint density at radius 3 is 2.48 bits per heavy atom. The first-order valence-electron chi connectivity index (χ1n) is 9.01. The Labute approximate surface area is 149 Å². The molecule has 2 aromatic rings. The zero-order valence-electron chi connectivity index (χ0n) is 14.7. The number of benzene rings is 2. The quantitative estimate of drug-likeness (QED) is 0.788. The molecule has 0 radical (unpaired) electrons. The van der Waals surface area contributed by atoms with Crippen LogP contribution in [0.15, 0.2) is 48.5 Å². The van der Waals surface area contributed by atoms with Crippen molar-refractivity contribution in [3.63, 3.8) is 0 Å². The first-order chi connectivity index (χ1) is 12.3. The van der Waals surface area contributed by atoms with Crippen molar-refractivity contribution in [1.29, 1.82) is 0 Å². The molecule has 0 atom stereocenters. The summed E-state index contributed by atoms with van der Waals surface area (Å²) < 4.78 is 11.6. The maximum absolute atomic E-state index is 12.7. The number of amides is 1.